The molecule has 0 radical (unpaired) electrons. The van der Waals surface area contributed by atoms with Gasteiger partial charge in [-0.25, -0.2) is 4.98 Å². The van der Waals surface area contributed by atoms with E-state index in [9.17, 15) is 10.4 Å². The molecule has 1 aromatic carbocycles. The van der Waals surface area contributed by atoms with Gasteiger partial charge in [0.1, 0.15) is 17.5 Å². The molecule has 1 aromatic heterocycles. The fraction of sp³-hybridized carbons (Fsp3) is 0.633. The molecule has 4 N–H and O–H groups in total. The number of aliphatic hydroxyl groups is 1. The Bertz CT molecular complexity index is 1110. The number of hydrogen-bond acceptors (Lipinski definition) is 8. The van der Waals surface area contributed by atoms with Crippen LogP contribution in [0.5, 0.6) is 0 Å². The Morgan fingerprint density at radius 2 is 1.82 bits per heavy atom. The fourth-order valence-corrected chi connectivity index (χ4v) is 7.75. The van der Waals surface area contributed by atoms with E-state index in [0.717, 1.165) is 32.2 Å². The highest BCUT2D eigenvalue weighted by molar-refractivity contribution is 7.98. The molecule has 5 rings (SSSR count). The van der Waals surface area contributed by atoms with Gasteiger partial charge in [-0.3, -0.25) is 0 Å². The zero-order valence-corrected chi connectivity index (χ0v) is 23.6. The number of nitriles is 1. The highest BCUT2D eigenvalue weighted by Crippen LogP contribution is 2.49. The maximum absolute atomic E-state index is 9.91. The molecule has 0 amide bonds. The van der Waals surface area contributed by atoms with E-state index in [1.807, 2.05) is 6.07 Å². The van der Waals surface area contributed by atoms with Crippen molar-refractivity contribution in [3.05, 3.63) is 41.6 Å². The van der Waals surface area contributed by atoms with Gasteiger partial charge in [-0.2, -0.15) is 10.2 Å². The topological polar surface area (TPSA) is 106 Å². The molecule has 2 aromatic rings. The third-order valence-electron chi connectivity index (χ3n) is 9.02. The van der Waals surface area contributed by atoms with Crippen molar-refractivity contribution in [2.24, 2.45) is 17.3 Å². The number of fused-ring (bicyclic) bond motifs is 2. The van der Waals surface area contributed by atoms with Crippen LogP contribution in [0.3, 0.4) is 0 Å². The lowest BCUT2D eigenvalue weighted by molar-refractivity contribution is 0.0247. The third-order valence-corrected chi connectivity index (χ3v) is 9.86. The minimum Gasteiger partial charge on any atom is -0.393 e. The average molecular weight is 535 g/mol. The summed E-state index contributed by atoms with van der Waals surface area (Å²) in [7, 11) is 0. The number of nitrogens with zero attached hydrogens (tertiary/aromatic N) is 3. The molecular weight excluding hydrogens is 492 g/mol. The first kappa shape index (κ1) is 27.2. The summed E-state index contributed by atoms with van der Waals surface area (Å²) in [6.07, 6.45) is 14.0. The van der Waals surface area contributed by atoms with Crippen molar-refractivity contribution < 1.29 is 5.11 Å². The van der Waals surface area contributed by atoms with Crippen molar-refractivity contribution in [1.82, 2.24) is 15.3 Å². The second-order valence-electron chi connectivity index (χ2n) is 12.0. The van der Waals surface area contributed by atoms with Gasteiger partial charge in [0.2, 0.25) is 5.95 Å². The van der Waals surface area contributed by atoms with Crippen molar-refractivity contribution in [2.45, 2.75) is 94.3 Å². The summed E-state index contributed by atoms with van der Waals surface area (Å²) in [5, 5.41) is 30.6. The van der Waals surface area contributed by atoms with Crippen LogP contribution in [0.4, 0.5) is 11.8 Å². The molecule has 2 bridgehead atoms. The first-order valence-electron chi connectivity index (χ1n) is 14.3. The summed E-state index contributed by atoms with van der Waals surface area (Å²) in [4.78, 5) is 10.3. The molecule has 38 heavy (non-hydrogen) atoms. The largest absolute Gasteiger partial charge is 0.393 e. The number of benzene rings is 1. The maximum atomic E-state index is 9.91. The standard InChI is InChI=1S/C30H42N6OS/c1-30(14-20-7-5-8-21(15-30)27(20)35-24-10-12-25(37)13-11-24)19-34-28-23(16-31)18-33-29(36-28)32-17-22-6-3-4-9-26(22)38-2/h3-4,6,9,18,20-21,24-25,27,35,37H,5,7-8,10-15,17,19H2,1-2H3,(H2,32,33,34,36)/t20-,21+,24?,25?,27-,30?. The van der Waals surface area contributed by atoms with Crippen LogP contribution in [0.25, 0.3) is 0 Å². The van der Waals surface area contributed by atoms with Crippen molar-refractivity contribution in [3.8, 4) is 6.07 Å². The van der Waals surface area contributed by atoms with Crippen LogP contribution in [-0.2, 0) is 6.54 Å². The minimum atomic E-state index is -0.102. The van der Waals surface area contributed by atoms with Crippen LogP contribution < -0.4 is 16.0 Å². The first-order valence-corrected chi connectivity index (χ1v) is 15.5. The van der Waals surface area contributed by atoms with E-state index in [0.29, 0.717) is 47.8 Å². The van der Waals surface area contributed by atoms with Gasteiger partial charge in [0.05, 0.1) is 12.3 Å². The molecule has 3 saturated carbocycles. The lowest BCUT2D eigenvalue weighted by Crippen LogP contribution is -2.56. The number of anilines is 2. The molecular formula is C30H42N6OS. The summed E-state index contributed by atoms with van der Waals surface area (Å²) in [5.41, 5.74) is 1.86. The van der Waals surface area contributed by atoms with E-state index in [1.165, 1.54) is 42.6 Å². The zero-order valence-electron chi connectivity index (χ0n) is 22.7. The van der Waals surface area contributed by atoms with Gasteiger partial charge in [-0.1, -0.05) is 31.5 Å². The predicted octanol–water partition coefficient (Wildman–Crippen LogP) is 5.57. The first-order chi connectivity index (χ1) is 18.5. The number of thioether (sulfide) groups is 1. The van der Waals surface area contributed by atoms with E-state index in [1.54, 1.807) is 18.0 Å². The Balaban J connectivity index is 1.21. The van der Waals surface area contributed by atoms with Gasteiger partial charge in [0.15, 0.2) is 0 Å². The van der Waals surface area contributed by atoms with Crippen LogP contribution in [0.1, 0.15) is 75.8 Å². The Labute approximate surface area is 231 Å². The molecule has 0 aliphatic heterocycles. The number of nitrogens with one attached hydrogen (secondary N) is 3. The second kappa shape index (κ2) is 12.2. The van der Waals surface area contributed by atoms with E-state index in [-0.39, 0.29) is 11.5 Å². The van der Waals surface area contributed by atoms with Crippen molar-refractivity contribution in [1.29, 1.82) is 5.26 Å². The summed E-state index contributed by atoms with van der Waals surface area (Å²) in [6, 6.07) is 11.8. The lowest BCUT2D eigenvalue weighted by Gasteiger charge is -2.52. The van der Waals surface area contributed by atoms with Crippen LogP contribution >= 0.6 is 11.8 Å². The van der Waals surface area contributed by atoms with E-state index in [2.05, 4.69) is 58.4 Å². The lowest BCUT2D eigenvalue weighted by atomic mass is 9.58. The summed E-state index contributed by atoms with van der Waals surface area (Å²) >= 11 is 1.73. The van der Waals surface area contributed by atoms with E-state index >= 15 is 0 Å². The SMILES string of the molecule is CSc1ccccc1CNc1ncc(C#N)c(NCC2(C)C[C@H]3CCC[C@@H](C2)[C@@H]3NC2CCC(O)CC2)n1. The number of rotatable bonds is 9. The molecule has 0 spiro atoms. The van der Waals surface area contributed by atoms with Crippen LogP contribution in [0, 0.1) is 28.6 Å². The normalized spacial score (nSPS) is 30.8. The van der Waals surface area contributed by atoms with E-state index < -0.39 is 0 Å². The highest BCUT2D eigenvalue weighted by Gasteiger charge is 2.46. The van der Waals surface area contributed by atoms with Crippen LogP contribution in [0.15, 0.2) is 35.4 Å². The second-order valence-corrected chi connectivity index (χ2v) is 12.8. The monoisotopic (exact) mass is 534 g/mol. The Morgan fingerprint density at radius 3 is 2.53 bits per heavy atom. The molecule has 0 saturated heterocycles. The average Bonchev–Trinajstić information content (AvgIpc) is 2.93. The third kappa shape index (κ3) is 6.44. The number of aromatic nitrogens is 2. The maximum Gasteiger partial charge on any atom is 0.224 e. The Hall–Kier alpha value is -2.34. The summed E-state index contributed by atoms with van der Waals surface area (Å²) in [6.45, 7) is 3.85. The molecule has 3 aliphatic rings. The van der Waals surface area contributed by atoms with Crippen molar-refractivity contribution in [2.75, 3.05) is 23.4 Å². The van der Waals surface area contributed by atoms with Gasteiger partial charge in [-0.05, 0) is 86.5 Å². The Kier molecular flexibility index (Phi) is 8.77. The van der Waals surface area contributed by atoms with Crippen LogP contribution in [-0.4, -0.2) is 46.1 Å². The summed E-state index contributed by atoms with van der Waals surface area (Å²) < 4.78 is 0. The molecule has 1 heterocycles. The minimum absolute atomic E-state index is 0.102. The fourth-order valence-electron chi connectivity index (χ4n) is 7.13. The number of aliphatic hydroxyl groups excluding tert-OH is 1. The van der Waals surface area contributed by atoms with Gasteiger partial charge in [0, 0.05) is 30.1 Å². The highest BCUT2D eigenvalue weighted by atomic mass is 32.2. The van der Waals surface area contributed by atoms with Gasteiger partial charge in [-0.15, -0.1) is 11.8 Å². The number of hydrogen-bond donors (Lipinski definition) is 4. The van der Waals surface area contributed by atoms with Crippen molar-refractivity contribution >= 4 is 23.5 Å². The summed E-state index contributed by atoms with van der Waals surface area (Å²) in [5.74, 6) is 2.54. The Morgan fingerprint density at radius 1 is 1.08 bits per heavy atom. The smallest absolute Gasteiger partial charge is 0.224 e. The van der Waals surface area contributed by atoms with Gasteiger partial charge in [0.25, 0.3) is 0 Å². The molecule has 204 valence electrons. The molecule has 3 fully saturated rings. The predicted molar refractivity (Wildman–Crippen MR) is 154 cm³/mol. The molecule has 7 nitrogen and oxygen atoms in total. The zero-order chi connectivity index (χ0) is 26.5. The molecule has 1 unspecified atom stereocenters. The molecule has 8 heteroatoms. The van der Waals surface area contributed by atoms with Gasteiger partial charge < -0.3 is 21.1 Å². The quantitative estimate of drug-likeness (QED) is 0.309. The van der Waals surface area contributed by atoms with E-state index in [4.69, 9.17) is 4.98 Å². The van der Waals surface area contributed by atoms with Gasteiger partial charge >= 0.3 is 0 Å². The van der Waals surface area contributed by atoms with Crippen LogP contribution in [0.2, 0.25) is 0 Å². The molecule has 3 aliphatic carbocycles. The van der Waals surface area contributed by atoms with Crippen molar-refractivity contribution in [3.63, 3.8) is 0 Å². The molecule has 4 atom stereocenters.